The lowest BCUT2D eigenvalue weighted by atomic mass is 9.98. The number of carbonyl (C=O) groups is 1. The van der Waals surface area contributed by atoms with Crippen molar-refractivity contribution in [2.75, 3.05) is 0 Å². The van der Waals surface area contributed by atoms with Gasteiger partial charge < -0.3 is 4.74 Å². The Kier molecular flexibility index (Phi) is 3.44. The van der Waals surface area contributed by atoms with Gasteiger partial charge in [0.2, 0.25) is 0 Å². The first kappa shape index (κ1) is 11.7. The van der Waals surface area contributed by atoms with Crippen molar-refractivity contribution in [1.29, 1.82) is 0 Å². The Hall–Kier alpha value is -1.39. The van der Waals surface area contributed by atoms with Crippen LogP contribution in [0.4, 0.5) is 0 Å². The highest BCUT2D eigenvalue weighted by atomic mass is 16.5. The van der Waals surface area contributed by atoms with Crippen LogP contribution in [0.3, 0.4) is 0 Å². The van der Waals surface area contributed by atoms with E-state index < -0.39 is 5.41 Å². The van der Waals surface area contributed by atoms with Gasteiger partial charge in [-0.3, -0.25) is 4.79 Å². The molecule has 0 atom stereocenters. The number of rotatable bonds is 3. The van der Waals surface area contributed by atoms with Crippen molar-refractivity contribution >= 4 is 5.97 Å². The molecule has 0 bridgehead atoms. The molecule has 1 rings (SSSR count). The third-order valence-corrected chi connectivity index (χ3v) is 1.89. The van der Waals surface area contributed by atoms with Crippen LogP contribution in [-0.2, 0) is 22.7 Å². The molecule has 0 aliphatic heterocycles. The van der Waals surface area contributed by atoms with Crippen molar-refractivity contribution in [3.8, 4) is 0 Å². The number of aromatic nitrogens is 3. The Balaban J connectivity index is 2.47. The molecule has 5 heteroatoms. The number of nitrogens with zero attached hydrogens (tertiary/aromatic N) is 3. The standard InChI is InChI=1S/C10H17N3O2/c1-5-8-6-13(12-11-8)7-15-9(14)10(2,3)4/h6H,5,7H2,1-4H3. The molecule has 0 saturated carbocycles. The smallest absolute Gasteiger partial charge is 0.313 e. The minimum absolute atomic E-state index is 0.128. The molecule has 5 nitrogen and oxygen atoms in total. The van der Waals surface area contributed by atoms with E-state index in [1.165, 1.54) is 4.68 Å². The molecule has 0 aliphatic rings. The van der Waals surface area contributed by atoms with Crippen LogP contribution in [0, 0.1) is 5.41 Å². The first-order chi connectivity index (χ1) is 6.93. The van der Waals surface area contributed by atoms with Crippen LogP contribution in [0.15, 0.2) is 6.20 Å². The van der Waals surface area contributed by atoms with E-state index >= 15 is 0 Å². The summed E-state index contributed by atoms with van der Waals surface area (Å²) in [6.07, 6.45) is 2.60. The fraction of sp³-hybridized carbons (Fsp3) is 0.700. The van der Waals surface area contributed by atoms with Crippen molar-refractivity contribution in [2.45, 2.75) is 40.8 Å². The lowest BCUT2D eigenvalue weighted by Crippen LogP contribution is -2.24. The van der Waals surface area contributed by atoms with Crippen LogP contribution in [0.2, 0.25) is 0 Å². The Morgan fingerprint density at radius 3 is 2.67 bits per heavy atom. The minimum Gasteiger partial charge on any atom is -0.442 e. The molecular formula is C10H17N3O2. The monoisotopic (exact) mass is 211 g/mol. The lowest BCUT2D eigenvalue weighted by Gasteiger charge is -2.15. The molecule has 1 heterocycles. The van der Waals surface area contributed by atoms with Gasteiger partial charge in [0.25, 0.3) is 0 Å². The summed E-state index contributed by atoms with van der Waals surface area (Å²) in [4.78, 5) is 11.4. The molecule has 1 aromatic rings. The zero-order chi connectivity index (χ0) is 11.5. The number of ether oxygens (including phenoxy) is 1. The molecule has 0 saturated heterocycles. The van der Waals surface area contributed by atoms with Gasteiger partial charge in [0.15, 0.2) is 6.73 Å². The first-order valence-corrected chi connectivity index (χ1v) is 4.99. The summed E-state index contributed by atoms with van der Waals surface area (Å²) in [5, 5.41) is 7.73. The third-order valence-electron chi connectivity index (χ3n) is 1.89. The molecule has 0 amide bonds. The average Bonchev–Trinajstić information content (AvgIpc) is 2.60. The maximum Gasteiger partial charge on any atom is 0.313 e. The van der Waals surface area contributed by atoms with Crippen LogP contribution in [-0.4, -0.2) is 21.0 Å². The number of hydrogen-bond donors (Lipinski definition) is 0. The van der Waals surface area contributed by atoms with Crippen molar-refractivity contribution in [3.05, 3.63) is 11.9 Å². The van der Waals surface area contributed by atoms with Gasteiger partial charge in [-0.15, -0.1) is 5.10 Å². The van der Waals surface area contributed by atoms with Crippen LogP contribution in [0.5, 0.6) is 0 Å². The molecule has 0 unspecified atom stereocenters. The van der Waals surface area contributed by atoms with E-state index in [2.05, 4.69) is 10.3 Å². The highest BCUT2D eigenvalue weighted by Gasteiger charge is 2.23. The molecule has 0 spiro atoms. The predicted octanol–water partition coefficient (Wildman–Crippen LogP) is 1.39. The molecule has 1 aromatic heterocycles. The number of hydrogen-bond acceptors (Lipinski definition) is 4. The zero-order valence-corrected chi connectivity index (χ0v) is 9.65. The van der Waals surface area contributed by atoms with E-state index in [4.69, 9.17) is 4.74 Å². The summed E-state index contributed by atoms with van der Waals surface area (Å²) in [7, 11) is 0. The fourth-order valence-corrected chi connectivity index (χ4v) is 0.905. The van der Waals surface area contributed by atoms with Crippen LogP contribution < -0.4 is 0 Å². The first-order valence-electron chi connectivity index (χ1n) is 4.99. The molecule has 0 aliphatic carbocycles. The second-order valence-corrected chi connectivity index (χ2v) is 4.41. The molecule has 84 valence electrons. The second-order valence-electron chi connectivity index (χ2n) is 4.41. The summed E-state index contributed by atoms with van der Waals surface area (Å²) >= 11 is 0. The maximum atomic E-state index is 11.4. The van der Waals surface area contributed by atoms with Crippen LogP contribution in [0.25, 0.3) is 0 Å². The van der Waals surface area contributed by atoms with E-state index in [0.29, 0.717) is 0 Å². The van der Waals surface area contributed by atoms with E-state index in [1.807, 2.05) is 27.7 Å². The summed E-state index contributed by atoms with van der Waals surface area (Å²) in [6, 6.07) is 0. The number of aryl methyl sites for hydroxylation is 1. The average molecular weight is 211 g/mol. The Labute approximate surface area is 89.4 Å². The Morgan fingerprint density at radius 1 is 1.53 bits per heavy atom. The van der Waals surface area contributed by atoms with Gasteiger partial charge in [0.1, 0.15) is 0 Å². The largest absolute Gasteiger partial charge is 0.442 e. The molecule has 15 heavy (non-hydrogen) atoms. The van der Waals surface area contributed by atoms with Gasteiger partial charge >= 0.3 is 5.97 Å². The molecule has 0 fully saturated rings. The topological polar surface area (TPSA) is 57.0 Å². The normalized spacial score (nSPS) is 11.5. The number of esters is 1. The second kappa shape index (κ2) is 4.42. The van der Waals surface area contributed by atoms with Gasteiger partial charge in [0, 0.05) is 0 Å². The Morgan fingerprint density at radius 2 is 2.20 bits per heavy atom. The van der Waals surface area contributed by atoms with Crippen molar-refractivity contribution in [2.24, 2.45) is 5.41 Å². The van der Waals surface area contributed by atoms with Crippen LogP contribution in [0.1, 0.15) is 33.4 Å². The molecule has 0 radical (unpaired) electrons. The van der Waals surface area contributed by atoms with Crippen molar-refractivity contribution < 1.29 is 9.53 Å². The summed E-state index contributed by atoms with van der Waals surface area (Å²) in [5.41, 5.74) is 0.413. The Bertz CT molecular complexity index is 339. The fourth-order valence-electron chi connectivity index (χ4n) is 0.905. The highest BCUT2D eigenvalue weighted by Crippen LogP contribution is 2.15. The van der Waals surface area contributed by atoms with Gasteiger partial charge in [-0.1, -0.05) is 12.1 Å². The highest BCUT2D eigenvalue weighted by molar-refractivity contribution is 5.75. The molecule has 0 aromatic carbocycles. The maximum absolute atomic E-state index is 11.4. The summed E-state index contributed by atoms with van der Waals surface area (Å²) in [6.45, 7) is 7.56. The summed E-state index contributed by atoms with van der Waals surface area (Å²) < 4.78 is 6.59. The zero-order valence-electron chi connectivity index (χ0n) is 9.65. The molecular weight excluding hydrogens is 194 g/mol. The van der Waals surface area contributed by atoms with Gasteiger partial charge in [-0.05, 0) is 27.2 Å². The number of carbonyl (C=O) groups excluding carboxylic acids is 1. The van der Waals surface area contributed by atoms with E-state index in [0.717, 1.165) is 12.1 Å². The predicted molar refractivity (Wildman–Crippen MR) is 54.9 cm³/mol. The third kappa shape index (κ3) is 3.34. The van der Waals surface area contributed by atoms with Crippen molar-refractivity contribution in [3.63, 3.8) is 0 Å². The van der Waals surface area contributed by atoms with Gasteiger partial charge in [-0.2, -0.15) is 0 Å². The van der Waals surface area contributed by atoms with Gasteiger partial charge in [0.05, 0.1) is 17.3 Å². The van der Waals surface area contributed by atoms with Crippen LogP contribution >= 0.6 is 0 Å². The summed E-state index contributed by atoms with van der Waals surface area (Å²) in [5.74, 6) is -0.240. The van der Waals surface area contributed by atoms with Crippen molar-refractivity contribution in [1.82, 2.24) is 15.0 Å². The molecule has 0 N–H and O–H groups in total. The van der Waals surface area contributed by atoms with Gasteiger partial charge in [-0.25, -0.2) is 4.68 Å². The quantitative estimate of drug-likeness (QED) is 0.709. The lowest BCUT2D eigenvalue weighted by molar-refractivity contribution is -0.157. The van der Waals surface area contributed by atoms with E-state index in [1.54, 1.807) is 6.20 Å². The van der Waals surface area contributed by atoms with E-state index in [9.17, 15) is 4.79 Å². The SMILES string of the molecule is CCc1cn(COC(=O)C(C)(C)C)nn1. The van der Waals surface area contributed by atoms with E-state index in [-0.39, 0.29) is 12.7 Å². The minimum atomic E-state index is -0.478.